The molecule has 0 bridgehead atoms. The van der Waals surface area contributed by atoms with E-state index < -0.39 is 11.6 Å². The number of carbonyl (C=O) groups excluding carboxylic acids is 2. The van der Waals surface area contributed by atoms with Crippen LogP contribution in [0.1, 0.15) is 84.9 Å². The van der Waals surface area contributed by atoms with Gasteiger partial charge in [0.25, 0.3) is 11.8 Å². The van der Waals surface area contributed by atoms with Crippen molar-refractivity contribution in [3.05, 3.63) is 71.3 Å². The number of rotatable bonds is 15. The highest BCUT2D eigenvalue weighted by atomic mass is 19.1. The molecule has 0 aliphatic rings. The molecule has 0 saturated carbocycles. The Morgan fingerprint density at radius 2 is 0.844 bits per heavy atom. The first kappa shape index (κ1) is 25.5. The predicted molar refractivity (Wildman–Crippen MR) is 124 cm³/mol. The van der Waals surface area contributed by atoms with Gasteiger partial charge in [0, 0.05) is 13.1 Å². The molecule has 2 amide bonds. The molecule has 0 radical (unpaired) electrons. The van der Waals surface area contributed by atoms with Gasteiger partial charge in [-0.1, -0.05) is 75.6 Å². The van der Waals surface area contributed by atoms with Gasteiger partial charge < -0.3 is 10.6 Å². The largest absolute Gasteiger partial charge is 0.352 e. The van der Waals surface area contributed by atoms with E-state index >= 15 is 0 Å². The van der Waals surface area contributed by atoms with Crippen molar-refractivity contribution in [2.24, 2.45) is 0 Å². The summed E-state index contributed by atoms with van der Waals surface area (Å²) >= 11 is 0. The molecule has 0 atom stereocenters. The number of amides is 2. The minimum absolute atomic E-state index is 0.0972. The van der Waals surface area contributed by atoms with Crippen LogP contribution in [-0.4, -0.2) is 24.9 Å². The Morgan fingerprint density at radius 3 is 1.19 bits per heavy atom. The lowest BCUT2D eigenvalue weighted by Gasteiger charge is -2.07. The molecule has 0 aliphatic carbocycles. The third-order valence-corrected chi connectivity index (χ3v) is 5.41. The van der Waals surface area contributed by atoms with Crippen molar-refractivity contribution in [3.8, 4) is 0 Å². The fourth-order valence-electron chi connectivity index (χ4n) is 3.55. The average molecular weight is 445 g/mol. The van der Waals surface area contributed by atoms with E-state index in [4.69, 9.17) is 0 Å². The minimum Gasteiger partial charge on any atom is -0.352 e. The molecular formula is C26H34F2N2O2. The van der Waals surface area contributed by atoms with E-state index in [0.717, 1.165) is 38.5 Å². The van der Waals surface area contributed by atoms with E-state index in [1.807, 2.05) is 0 Å². The number of nitrogens with one attached hydrogen (secondary N) is 2. The van der Waals surface area contributed by atoms with Gasteiger partial charge in [-0.15, -0.1) is 0 Å². The van der Waals surface area contributed by atoms with Gasteiger partial charge in [-0.3, -0.25) is 9.59 Å². The minimum atomic E-state index is -0.489. The Morgan fingerprint density at radius 1 is 0.531 bits per heavy atom. The molecule has 0 heterocycles. The van der Waals surface area contributed by atoms with Crippen LogP contribution in [0, 0.1) is 11.6 Å². The Labute approximate surface area is 189 Å². The zero-order valence-electron chi connectivity index (χ0n) is 18.7. The highest BCUT2D eigenvalue weighted by Crippen LogP contribution is 2.11. The van der Waals surface area contributed by atoms with Gasteiger partial charge in [0.2, 0.25) is 0 Å². The van der Waals surface area contributed by atoms with Crippen molar-refractivity contribution < 1.29 is 18.4 Å². The maximum absolute atomic E-state index is 13.5. The zero-order chi connectivity index (χ0) is 23.0. The van der Waals surface area contributed by atoms with Crippen LogP contribution in [-0.2, 0) is 0 Å². The second-order valence-electron chi connectivity index (χ2n) is 8.01. The van der Waals surface area contributed by atoms with E-state index in [1.165, 1.54) is 49.9 Å². The smallest absolute Gasteiger partial charge is 0.254 e. The summed E-state index contributed by atoms with van der Waals surface area (Å²) in [7, 11) is 0. The Balaban J connectivity index is 1.36. The first-order valence-electron chi connectivity index (χ1n) is 11.6. The van der Waals surface area contributed by atoms with Crippen LogP contribution in [0.4, 0.5) is 8.78 Å². The summed E-state index contributed by atoms with van der Waals surface area (Å²) in [6.07, 6.45) is 10.9. The fraction of sp³-hybridized carbons (Fsp3) is 0.462. The maximum atomic E-state index is 13.5. The molecule has 0 aromatic heterocycles. The first-order chi connectivity index (χ1) is 15.6. The van der Waals surface area contributed by atoms with Crippen molar-refractivity contribution >= 4 is 11.8 Å². The first-order valence-corrected chi connectivity index (χ1v) is 11.6. The average Bonchev–Trinajstić information content (AvgIpc) is 2.79. The summed E-state index contributed by atoms with van der Waals surface area (Å²) < 4.78 is 27.0. The number of unbranched alkanes of at least 4 members (excludes halogenated alkanes) is 9. The number of benzene rings is 2. The SMILES string of the molecule is O=C(NCCCCCCCCCCCCNC(=O)c1ccccc1F)c1ccccc1F. The van der Waals surface area contributed by atoms with E-state index in [2.05, 4.69) is 10.6 Å². The third-order valence-electron chi connectivity index (χ3n) is 5.41. The molecular weight excluding hydrogens is 410 g/mol. The van der Waals surface area contributed by atoms with Crippen molar-refractivity contribution in [2.45, 2.75) is 64.2 Å². The quantitative estimate of drug-likeness (QED) is 0.330. The molecule has 0 spiro atoms. The van der Waals surface area contributed by atoms with Gasteiger partial charge in [0.1, 0.15) is 11.6 Å². The Hall–Kier alpha value is -2.76. The van der Waals surface area contributed by atoms with E-state index in [1.54, 1.807) is 24.3 Å². The van der Waals surface area contributed by atoms with Crippen molar-refractivity contribution in [2.75, 3.05) is 13.1 Å². The zero-order valence-corrected chi connectivity index (χ0v) is 18.7. The molecule has 2 N–H and O–H groups in total. The van der Waals surface area contributed by atoms with Gasteiger partial charge in [0.05, 0.1) is 11.1 Å². The summed E-state index contributed by atoms with van der Waals surface area (Å²) in [6, 6.07) is 12.0. The number of halogens is 2. The highest BCUT2D eigenvalue weighted by molar-refractivity contribution is 5.94. The van der Waals surface area contributed by atoms with Gasteiger partial charge in [-0.05, 0) is 37.1 Å². The second-order valence-corrected chi connectivity index (χ2v) is 8.01. The van der Waals surface area contributed by atoms with E-state index in [0.29, 0.717) is 13.1 Å². The Bertz CT molecular complexity index is 773. The molecule has 6 heteroatoms. The molecule has 0 aliphatic heterocycles. The molecule has 174 valence electrons. The molecule has 32 heavy (non-hydrogen) atoms. The molecule has 2 rings (SSSR count). The monoisotopic (exact) mass is 444 g/mol. The number of carbonyl (C=O) groups is 2. The maximum Gasteiger partial charge on any atom is 0.254 e. The van der Waals surface area contributed by atoms with Crippen LogP contribution < -0.4 is 10.6 Å². The van der Waals surface area contributed by atoms with Gasteiger partial charge in [0.15, 0.2) is 0 Å². The van der Waals surface area contributed by atoms with Crippen molar-refractivity contribution in [3.63, 3.8) is 0 Å². The second kappa shape index (κ2) is 15.1. The summed E-state index contributed by atoms with van der Waals surface area (Å²) in [5.41, 5.74) is 0.194. The summed E-state index contributed by atoms with van der Waals surface area (Å²) in [5, 5.41) is 5.54. The molecule has 0 unspecified atom stereocenters. The Kier molecular flexibility index (Phi) is 12.0. The van der Waals surface area contributed by atoms with E-state index in [9.17, 15) is 18.4 Å². The van der Waals surface area contributed by atoms with Crippen molar-refractivity contribution in [1.82, 2.24) is 10.6 Å². The lowest BCUT2D eigenvalue weighted by molar-refractivity contribution is 0.0940. The van der Waals surface area contributed by atoms with Gasteiger partial charge >= 0.3 is 0 Å². The van der Waals surface area contributed by atoms with Crippen LogP contribution in [0.15, 0.2) is 48.5 Å². The molecule has 0 fully saturated rings. The number of hydrogen-bond acceptors (Lipinski definition) is 2. The summed E-state index contributed by atoms with van der Waals surface area (Å²) in [5.74, 6) is -1.68. The normalized spacial score (nSPS) is 10.7. The summed E-state index contributed by atoms with van der Waals surface area (Å²) in [6.45, 7) is 1.14. The molecule has 0 saturated heterocycles. The lowest BCUT2D eigenvalue weighted by Crippen LogP contribution is -2.25. The van der Waals surface area contributed by atoms with Crippen molar-refractivity contribution in [1.29, 1.82) is 0 Å². The van der Waals surface area contributed by atoms with Crippen LogP contribution in [0.5, 0.6) is 0 Å². The number of hydrogen-bond donors (Lipinski definition) is 2. The molecule has 4 nitrogen and oxygen atoms in total. The van der Waals surface area contributed by atoms with Crippen LogP contribution in [0.2, 0.25) is 0 Å². The topological polar surface area (TPSA) is 58.2 Å². The predicted octanol–water partition coefficient (Wildman–Crippen LogP) is 6.03. The molecule has 2 aromatic carbocycles. The van der Waals surface area contributed by atoms with Crippen LogP contribution in [0.25, 0.3) is 0 Å². The highest BCUT2D eigenvalue weighted by Gasteiger charge is 2.10. The van der Waals surface area contributed by atoms with Crippen LogP contribution >= 0.6 is 0 Å². The van der Waals surface area contributed by atoms with Crippen LogP contribution in [0.3, 0.4) is 0 Å². The van der Waals surface area contributed by atoms with Gasteiger partial charge in [-0.25, -0.2) is 8.78 Å². The molecule has 2 aromatic rings. The van der Waals surface area contributed by atoms with E-state index in [-0.39, 0.29) is 22.9 Å². The standard InChI is InChI=1S/C26H34F2N2O2/c27-23-17-11-9-15-21(23)25(31)29-19-13-7-5-3-1-2-4-6-8-14-20-30-26(32)22-16-10-12-18-24(22)28/h9-12,15-18H,1-8,13-14,19-20H2,(H,29,31)(H,30,32). The lowest BCUT2D eigenvalue weighted by atomic mass is 10.1. The third kappa shape index (κ3) is 9.58. The van der Waals surface area contributed by atoms with Gasteiger partial charge in [-0.2, -0.15) is 0 Å². The summed E-state index contributed by atoms with van der Waals surface area (Å²) in [4.78, 5) is 23.8. The fourth-order valence-corrected chi connectivity index (χ4v) is 3.55.